The number of hydrogen-bond acceptors (Lipinski definition) is 5. The lowest BCUT2D eigenvalue weighted by Crippen LogP contribution is -2.14. The summed E-state index contributed by atoms with van der Waals surface area (Å²) in [4.78, 5) is 12.4. The van der Waals surface area contributed by atoms with E-state index in [4.69, 9.17) is 11.6 Å². The molecular formula is C23H18ClN3OS2. The largest absolute Gasteiger partial charge is 0.300 e. The molecule has 0 fully saturated rings. The second-order valence-corrected chi connectivity index (χ2v) is 9.21. The quantitative estimate of drug-likeness (QED) is 0.263. The molecule has 7 heteroatoms. The maximum atomic E-state index is 12.4. The van der Waals surface area contributed by atoms with Crippen LogP contribution >= 0.6 is 34.7 Å². The van der Waals surface area contributed by atoms with Crippen molar-refractivity contribution in [3.8, 4) is 11.1 Å². The number of hydrogen-bond donors (Lipinski definition) is 1. The van der Waals surface area contributed by atoms with Crippen molar-refractivity contribution in [3.63, 3.8) is 0 Å². The minimum absolute atomic E-state index is 0.104. The lowest BCUT2D eigenvalue weighted by atomic mass is 10.0. The lowest BCUT2D eigenvalue weighted by Gasteiger charge is -2.04. The first kappa shape index (κ1) is 20.6. The Labute approximate surface area is 188 Å². The molecule has 0 aliphatic heterocycles. The average molecular weight is 452 g/mol. The summed E-state index contributed by atoms with van der Waals surface area (Å²) >= 11 is 8.86. The molecule has 1 heterocycles. The van der Waals surface area contributed by atoms with Crippen molar-refractivity contribution in [2.75, 3.05) is 5.32 Å². The minimum atomic E-state index is -0.104. The van der Waals surface area contributed by atoms with Gasteiger partial charge >= 0.3 is 0 Å². The third kappa shape index (κ3) is 5.69. The highest BCUT2D eigenvalue weighted by atomic mass is 35.5. The van der Waals surface area contributed by atoms with Crippen LogP contribution in [-0.2, 0) is 17.0 Å². The molecule has 0 aliphatic rings. The van der Waals surface area contributed by atoms with E-state index in [1.807, 2.05) is 66.7 Å². The third-order valence-electron chi connectivity index (χ3n) is 4.35. The Morgan fingerprint density at radius 3 is 2.27 bits per heavy atom. The van der Waals surface area contributed by atoms with Crippen LogP contribution in [0.5, 0.6) is 0 Å². The van der Waals surface area contributed by atoms with Gasteiger partial charge in [-0.1, -0.05) is 101 Å². The molecule has 0 bridgehead atoms. The fraction of sp³-hybridized carbons (Fsp3) is 0.0870. The van der Waals surface area contributed by atoms with Crippen molar-refractivity contribution >= 4 is 45.7 Å². The van der Waals surface area contributed by atoms with Gasteiger partial charge in [0, 0.05) is 10.8 Å². The second-order valence-electron chi connectivity index (χ2n) is 6.58. The van der Waals surface area contributed by atoms with Crippen molar-refractivity contribution in [3.05, 3.63) is 95.0 Å². The van der Waals surface area contributed by atoms with E-state index in [0.717, 1.165) is 37.4 Å². The van der Waals surface area contributed by atoms with Crippen LogP contribution in [-0.4, -0.2) is 16.1 Å². The zero-order valence-electron chi connectivity index (χ0n) is 15.9. The van der Waals surface area contributed by atoms with Gasteiger partial charge < -0.3 is 5.32 Å². The summed E-state index contributed by atoms with van der Waals surface area (Å²) < 4.78 is 0.812. The summed E-state index contributed by atoms with van der Waals surface area (Å²) in [7, 11) is 0. The van der Waals surface area contributed by atoms with Gasteiger partial charge in [0.1, 0.15) is 0 Å². The number of halogens is 1. The molecule has 4 nitrogen and oxygen atoms in total. The first-order chi connectivity index (χ1) is 14.7. The van der Waals surface area contributed by atoms with Gasteiger partial charge in [-0.05, 0) is 34.4 Å². The first-order valence-corrected chi connectivity index (χ1v) is 11.5. The molecule has 1 N–H and O–H groups in total. The van der Waals surface area contributed by atoms with Crippen LogP contribution in [0.15, 0.2) is 83.2 Å². The van der Waals surface area contributed by atoms with Gasteiger partial charge in [-0.3, -0.25) is 4.79 Å². The van der Waals surface area contributed by atoms with Gasteiger partial charge in [0.05, 0.1) is 6.42 Å². The fourth-order valence-corrected chi connectivity index (χ4v) is 4.69. The molecular weight excluding hydrogens is 434 g/mol. The third-order valence-corrected chi connectivity index (χ3v) is 6.65. The molecule has 0 spiro atoms. The van der Waals surface area contributed by atoms with E-state index in [9.17, 15) is 4.79 Å². The molecule has 1 aromatic heterocycles. The highest BCUT2D eigenvalue weighted by molar-refractivity contribution is 8.00. The Hall–Kier alpha value is -2.67. The van der Waals surface area contributed by atoms with Crippen molar-refractivity contribution in [2.45, 2.75) is 16.5 Å². The predicted molar refractivity (Wildman–Crippen MR) is 125 cm³/mol. The zero-order chi connectivity index (χ0) is 20.8. The first-order valence-electron chi connectivity index (χ1n) is 9.31. The topological polar surface area (TPSA) is 54.9 Å². The molecule has 0 unspecified atom stereocenters. The second kappa shape index (κ2) is 9.89. The minimum Gasteiger partial charge on any atom is -0.300 e. The van der Waals surface area contributed by atoms with Gasteiger partial charge in [0.25, 0.3) is 0 Å². The van der Waals surface area contributed by atoms with Crippen molar-refractivity contribution in [1.82, 2.24) is 10.2 Å². The molecule has 0 aliphatic carbocycles. The van der Waals surface area contributed by atoms with Crippen molar-refractivity contribution < 1.29 is 4.79 Å². The fourth-order valence-electron chi connectivity index (χ4n) is 2.84. The Morgan fingerprint density at radius 2 is 1.53 bits per heavy atom. The number of amides is 1. The molecule has 0 radical (unpaired) electrons. The van der Waals surface area contributed by atoms with Crippen molar-refractivity contribution in [1.29, 1.82) is 0 Å². The van der Waals surface area contributed by atoms with Crippen LogP contribution in [0.3, 0.4) is 0 Å². The number of carbonyl (C=O) groups excluding carboxylic acids is 1. The summed E-state index contributed by atoms with van der Waals surface area (Å²) in [5.41, 5.74) is 4.40. The monoisotopic (exact) mass is 451 g/mol. The number of nitrogens with zero attached hydrogens (tertiary/aromatic N) is 2. The van der Waals surface area contributed by atoms with E-state index in [2.05, 4.69) is 27.6 Å². The number of benzene rings is 3. The smallest absolute Gasteiger partial charge is 0.230 e. The molecule has 3 aromatic carbocycles. The average Bonchev–Trinajstić information content (AvgIpc) is 3.21. The van der Waals surface area contributed by atoms with Crippen LogP contribution in [0.4, 0.5) is 5.13 Å². The molecule has 1 amide bonds. The molecule has 0 atom stereocenters. The molecule has 0 saturated carbocycles. The lowest BCUT2D eigenvalue weighted by molar-refractivity contribution is -0.115. The van der Waals surface area contributed by atoms with Gasteiger partial charge in [-0.15, -0.1) is 10.2 Å². The van der Waals surface area contributed by atoms with Gasteiger partial charge in [-0.25, -0.2) is 0 Å². The van der Waals surface area contributed by atoms with E-state index in [-0.39, 0.29) is 5.91 Å². The SMILES string of the molecule is O=C(Cc1ccc(-c2ccccc2)cc1)Nc1nnc(SCc2ccc(Cl)cc2)s1. The maximum absolute atomic E-state index is 12.4. The van der Waals surface area contributed by atoms with E-state index >= 15 is 0 Å². The summed E-state index contributed by atoms with van der Waals surface area (Å²) in [6, 6.07) is 25.9. The number of nitrogens with one attached hydrogen (secondary N) is 1. The normalized spacial score (nSPS) is 10.7. The molecule has 4 rings (SSSR count). The van der Waals surface area contributed by atoms with Crippen molar-refractivity contribution in [2.24, 2.45) is 0 Å². The van der Waals surface area contributed by atoms with Crippen LogP contribution in [0, 0.1) is 0 Å². The van der Waals surface area contributed by atoms with E-state index in [1.165, 1.54) is 11.3 Å². The highest BCUT2D eigenvalue weighted by Crippen LogP contribution is 2.28. The Balaban J connectivity index is 1.29. The number of carbonyl (C=O) groups is 1. The summed E-state index contributed by atoms with van der Waals surface area (Å²) in [6.45, 7) is 0. The zero-order valence-corrected chi connectivity index (χ0v) is 18.3. The number of anilines is 1. The van der Waals surface area contributed by atoms with E-state index in [1.54, 1.807) is 11.8 Å². The highest BCUT2D eigenvalue weighted by Gasteiger charge is 2.10. The Kier molecular flexibility index (Phi) is 6.79. The van der Waals surface area contributed by atoms with Crippen LogP contribution < -0.4 is 5.32 Å². The van der Waals surface area contributed by atoms with Crippen LogP contribution in [0.25, 0.3) is 11.1 Å². The van der Waals surface area contributed by atoms with Crippen LogP contribution in [0.2, 0.25) is 5.02 Å². The number of thioether (sulfide) groups is 1. The van der Waals surface area contributed by atoms with E-state index < -0.39 is 0 Å². The van der Waals surface area contributed by atoms with Gasteiger partial charge in [0.2, 0.25) is 11.0 Å². The van der Waals surface area contributed by atoms with Gasteiger partial charge in [-0.2, -0.15) is 0 Å². The summed E-state index contributed by atoms with van der Waals surface area (Å²) in [5, 5.41) is 12.3. The predicted octanol–water partition coefficient (Wildman–Crippen LogP) is 6.33. The molecule has 150 valence electrons. The molecule has 30 heavy (non-hydrogen) atoms. The standard InChI is InChI=1S/C23H18ClN3OS2/c24-20-12-8-17(9-13-20)15-29-23-27-26-22(30-23)25-21(28)14-16-6-10-19(11-7-16)18-4-2-1-3-5-18/h1-13H,14-15H2,(H,25,26,28). The number of aromatic nitrogens is 2. The molecule has 0 saturated heterocycles. The van der Waals surface area contributed by atoms with E-state index in [0.29, 0.717) is 11.6 Å². The Bertz CT molecular complexity index is 1110. The Morgan fingerprint density at radius 1 is 0.867 bits per heavy atom. The molecule has 4 aromatic rings. The van der Waals surface area contributed by atoms with Crippen LogP contribution in [0.1, 0.15) is 11.1 Å². The maximum Gasteiger partial charge on any atom is 0.230 e. The van der Waals surface area contributed by atoms with Gasteiger partial charge in [0.15, 0.2) is 4.34 Å². The summed E-state index contributed by atoms with van der Waals surface area (Å²) in [5.74, 6) is 0.668. The number of rotatable bonds is 7. The summed E-state index contributed by atoms with van der Waals surface area (Å²) in [6.07, 6.45) is 0.294.